The van der Waals surface area contributed by atoms with Crippen LogP contribution in [0.15, 0.2) is 24.8 Å². The Labute approximate surface area is 132 Å². The number of nitrogens with zero attached hydrogens (tertiary/aromatic N) is 1. The van der Waals surface area contributed by atoms with E-state index in [0.717, 1.165) is 23.2 Å². The molecule has 0 spiro atoms. The molecule has 3 nitrogen and oxygen atoms in total. The van der Waals surface area contributed by atoms with Gasteiger partial charge in [0.15, 0.2) is 5.78 Å². The van der Waals surface area contributed by atoms with Crippen LogP contribution in [0.2, 0.25) is 0 Å². The maximum absolute atomic E-state index is 11.9. The second-order valence-electron chi connectivity index (χ2n) is 5.02. The van der Waals surface area contributed by atoms with Crippen molar-refractivity contribution in [2.24, 2.45) is 0 Å². The molecule has 0 aromatic heterocycles. The van der Waals surface area contributed by atoms with Gasteiger partial charge in [-0.05, 0) is 42.4 Å². The molecule has 0 bridgehead atoms. The Kier molecular flexibility index (Phi) is 7.23. The van der Waals surface area contributed by atoms with E-state index in [2.05, 4.69) is 32.2 Å². The highest BCUT2D eigenvalue weighted by Crippen LogP contribution is 2.23. The summed E-state index contributed by atoms with van der Waals surface area (Å²) >= 11 is 4.09. The Balaban J connectivity index is 3.09. The molecule has 114 valence electrons. The van der Waals surface area contributed by atoms with Gasteiger partial charge >= 0.3 is 0 Å². The molecular weight excluding hydrogens is 282 g/mol. The fourth-order valence-corrected chi connectivity index (χ4v) is 2.49. The number of anilines is 1. The van der Waals surface area contributed by atoms with E-state index in [1.165, 1.54) is 0 Å². The highest BCUT2D eigenvalue weighted by molar-refractivity contribution is 7.80. The van der Waals surface area contributed by atoms with E-state index in [1.54, 1.807) is 13.0 Å². The first-order valence-corrected chi connectivity index (χ1v) is 7.77. The van der Waals surface area contributed by atoms with Crippen molar-refractivity contribution in [3.8, 4) is 0 Å². The average molecular weight is 305 g/mol. The largest absolute Gasteiger partial charge is 0.357 e. The van der Waals surface area contributed by atoms with Crippen molar-refractivity contribution >= 4 is 36.0 Å². The number of carbonyl (C=O) groups is 2. The minimum Gasteiger partial charge on any atom is -0.357 e. The molecule has 1 aromatic carbocycles. The van der Waals surface area contributed by atoms with Gasteiger partial charge in [0.05, 0.1) is 13.1 Å². The number of rotatable bonds is 9. The molecule has 0 aliphatic rings. The molecule has 0 amide bonds. The van der Waals surface area contributed by atoms with Crippen molar-refractivity contribution in [1.29, 1.82) is 0 Å². The number of thiol groups is 1. The number of carbonyl (C=O) groups excluding carboxylic acids is 2. The van der Waals surface area contributed by atoms with Gasteiger partial charge in [0, 0.05) is 12.1 Å². The van der Waals surface area contributed by atoms with Crippen molar-refractivity contribution in [2.45, 2.75) is 26.7 Å². The van der Waals surface area contributed by atoms with Crippen LogP contribution in [-0.2, 0) is 16.0 Å². The lowest BCUT2D eigenvalue weighted by molar-refractivity contribution is -0.117. The highest BCUT2D eigenvalue weighted by atomic mass is 32.1. The second kappa shape index (κ2) is 8.67. The minimum atomic E-state index is 0.0449. The van der Waals surface area contributed by atoms with E-state index in [0.29, 0.717) is 12.2 Å². The van der Waals surface area contributed by atoms with Crippen molar-refractivity contribution in [3.63, 3.8) is 0 Å². The molecule has 0 radical (unpaired) electrons. The third kappa shape index (κ3) is 5.38. The summed E-state index contributed by atoms with van der Waals surface area (Å²) in [6.07, 6.45) is 3.06. The molecule has 1 aromatic rings. The van der Waals surface area contributed by atoms with Crippen molar-refractivity contribution in [3.05, 3.63) is 35.9 Å². The minimum absolute atomic E-state index is 0.0449. The first kappa shape index (κ1) is 17.5. The number of hydrogen-bond donors (Lipinski definition) is 1. The lowest BCUT2D eigenvalue weighted by atomic mass is 10.0. The number of aryl methyl sites for hydroxylation is 1. The summed E-state index contributed by atoms with van der Waals surface area (Å²) in [4.78, 5) is 25.3. The first-order valence-electron chi connectivity index (χ1n) is 7.14. The van der Waals surface area contributed by atoms with Crippen LogP contribution in [0.3, 0.4) is 0 Å². The lowest BCUT2D eigenvalue weighted by Gasteiger charge is -2.25. The fourth-order valence-electron chi connectivity index (χ4n) is 2.24. The predicted octanol–water partition coefficient (Wildman–Crippen LogP) is 3.18. The van der Waals surface area contributed by atoms with Crippen LogP contribution < -0.4 is 4.90 Å². The molecule has 0 N–H and O–H groups in total. The summed E-state index contributed by atoms with van der Waals surface area (Å²) < 4.78 is 0. The third-order valence-corrected chi connectivity index (χ3v) is 3.46. The zero-order valence-corrected chi connectivity index (χ0v) is 13.7. The normalized spacial score (nSPS) is 10.2. The lowest BCUT2D eigenvalue weighted by Crippen LogP contribution is -2.34. The van der Waals surface area contributed by atoms with E-state index < -0.39 is 0 Å². The van der Waals surface area contributed by atoms with Crippen LogP contribution in [0.4, 0.5) is 5.69 Å². The monoisotopic (exact) mass is 305 g/mol. The van der Waals surface area contributed by atoms with E-state index in [1.807, 2.05) is 17.0 Å². The SMILES string of the molecule is C=Cc1ccc(N(CC(C)=O)CC(=O)CCS)c(CC)c1. The first-order chi connectivity index (χ1) is 10.0. The van der Waals surface area contributed by atoms with Gasteiger partial charge in [-0.1, -0.05) is 25.6 Å². The number of Topliss-reactive ketones (excluding diaryl/α,β-unsaturated/α-hetero) is 2. The molecule has 0 fully saturated rings. The Morgan fingerprint density at radius 3 is 2.57 bits per heavy atom. The Morgan fingerprint density at radius 1 is 1.33 bits per heavy atom. The van der Waals surface area contributed by atoms with Gasteiger partial charge in [-0.25, -0.2) is 0 Å². The molecule has 0 heterocycles. The van der Waals surface area contributed by atoms with E-state index in [4.69, 9.17) is 0 Å². The molecule has 0 saturated carbocycles. The van der Waals surface area contributed by atoms with Crippen LogP contribution >= 0.6 is 12.6 Å². The van der Waals surface area contributed by atoms with Gasteiger partial charge < -0.3 is 4.90 Å². The Morgan fingerprint density at radius 2 is 2.05 bits per heavy atom. The summed E-state index contributed by atoms with van der Waals surface area (Å²) in [6, 6.07) is 5.98. The van der Waals surface area contributed by atoms with Crippen molar-refractivity contribution < 1.29 is 9.59 Å². The molecule has 21 heavy (non-hydrogen) atoms. The van der Waals surface area contributed by atoms with E-state index in [9.17, 15) is 9.59 Å². The molecule has 1 rings (SSSR count). The number of benzene rings is 1. The van der Waals surface area contributed by atoms with Gasteiger partial charge in [0.25, 0.3) is 0 Å². The summed E-state index contributed by atoms with van der Waals surface area (Å²) in [5, 5.41) is 0. The van der Waals surface area contributed by atoms with Gasteiger partial charge in [-0.3, -0.25) is 9.59 Å². The Hall–Kier alpha value is -1.55. The van der Waals surface area contributed by atoms with Crippen LogP contribution in [0.25, 0.3) is 6.08 Å². The van der Waals surface area contributed by atoms with Gasteiger partial charge in [0.2, 0.25) is 0 Å². The van der Waals surface area contributed by atoms with E-state index in [-0.39, 0.29) is 24.7 Å². The van der Waals surface area contributed by atoms with Crippen LogP contribution in [-0.4, -0.2) is 30.4 Å². The smallest absolute Gasteiger partial charge is 0.152 e. The summed E-state index contributed by atoms with van der Waals surface area (Å²) in [6.45, 7) is 7.88. The van der Waals surface area contributed by atoms with Crippen LogP contribution in [0.1, 0.15) is 31.4 Å². The maximum atomic E-state index is 11.9. The summed E-state index contributed by atoms with van der Waals surface area (Å²) in [5.41, 5.74) is 3.11. The van der Waals surface area contributed by atoms with Gasteiger partial charge in [-0.2, -0.15) is 12.6 Å². The number of hydrogen-bond acceptors (Lipinski definition) is 4. The standard InChI is InChI=1S/C17H23NO2S/c1-4-14-6-7-17(15(5-2)10-14)18(11-13(3)19)12-16(20)8-9-21/h4,6-7,10,21H,1,5,8-9,11-12H2,2-3H3. The summed E-state index contributed by atoms with van der Waals surface area (Å²) in [5.74, 6) is 0.674. The molecule has 0 aliphatic carbocycles. The van der Waals surface area contributed by atoms with Gasteiger partial charge in [-0.15, -0.1) is 0 Å². The maximum Gasteiger partial charge on any atom is 0.152 e. The van der Waals surface area contributed by atoms with Crippen molar-refractivity contribution in [2.75, 3.05) is 23.7 Å². The topological polar surface area (TPSA) is 37.4 Å². The quantitative estimate of drug-likeness (QED) is 0.712. The van der Waals surface area contributed by atoms with Crippen molar-refractivity contribution in [1.82, 2.24) is 0 Å². The molecule has 0 saturated heterocycles. The van der Waals surface area contributed by atoms with Crippen LogP contribution in [0.5, 0.6) is 0 Å². The molecule has 4 heteroatoms. The fraction of sp³-hybridized carbons (Fsp3) is 0.412. The molecular formula is C17H23NO2S. The van der Waals surface area contributed by atoms with E-state index >= 15 is 0 Å². The highest BCUT2D eigenvalue weighted by Gasteiger charge is 2.16. The molecule has 0 atom stereocenters. The zero-order valence-electron chi connectivity index (χ0n) is 12.8. The number of ketones is 2. The zero-order chi connectivity index (χ0) is 15.8. The second-order valence-corrected chi connectivity index (χ2v) is 5.46. The third-order valence-electron chi connectivity index (χ3n) is 3.23. The summed E-state index contributed by atoms with van der Waals surface area (Å²) in [7, 11) is 0. The molecule has 0 aliphatic heterocycles. The molecule has 0 unspecified atom stereocenters. The Bertz CT molecular complexity index is 526. The predicted molar refractivity (Wildman–Crippen MR) is 92.3 cm³/mol. The van der Waals surface area contributed by atoms with Crippen LogP contribution in [0, 0.1) is 0 Å². The average Bonchev–Trinajstić information content (AvgIpc) is 2.45. The van der Waals surface area contributed by atoms with Gasteiger partial charge in [0.1, 0.15) is 5.78 Å².